The van der Waals surface area contributed by atoms with Crippen molar-refractivity contribution in [3.8, 4) is 6.07 Å². The van der Waals surface area contributed by atoms with E-state index in [1.807, 2.05) is 6.07 Å². The maximum absolute atomic E-state index is 9.74. The molecule has 1 fully saturated rings. The smallest absolute Gasteiger partial charge is 0.101 e. The molecule has 0 aromatic heterocycles. The van der Waals surface area contributed by atoms with Crippen LogP contribution in [-0.4, -0.2) is 17.3 Å². The first kappa shape index (κ1) is 13.7. The minimum Gasteiger partial charge on any atom is -0.398 e. The largest absolute Gasteiger partial charge is 0.398 e. The first-order valence-corrected chi connectivity index (χ1v) is 6.77. The lowest BCUT2D eigenvalue weighted by Crippen LogP contribution is -2.45. The van der Waals surface area contributed by atoms with E-state index in [0.29, 0.717) is 17.2 Å². The average molecular weight is 259 g/mol. The van der Waals surface area contributed by atoms with Crippen LogP contribution >= 0.6 is 0 Å². The van der Waals surface area contributed by atoms with Crippen molar-refractivity contribution in [2.24, 2.45) is 5.92 Å². The van der Waals surface area contributed by atoms with Crippen LogP contribution in [0.3, 0.4) is 0 Å². The molecule has 19 heavy (non-hydrogen) atoms. The molecule has 1 aromatic rings. The van der Waals surface area contributed by atoms with Crippen LogP contribution in [-0.2, 0) is 0 Å². The third-order valence-corrected chi connectivity index (χ3v) is 3.98. The van der Waals surface area contributed by atoms with Gasteiger partial charge in [0.25, 0.3) is 0 Å². The van der Waals surface area contributed by atoms with Crippen molar-refractivity contribution in [1.82, 2.24) is 0 Å². The summed E-state index contributed by atoms with van der Waals surface area (Å²) in [6, 6.07) is 7.40. The molecule has 1 saturated carbocycles. The molecule has 0 amide bonds. The minimum atomic E-state index is -0.252. The normalized spacial score (nSPS) is 26.7. The predicted molar refractivity (Wildman–Crippen MR) is 76.6 cm³/mol. The fourth-order valence-corrected chi connectivity index (χ4v) is 3.01. The number of aliphatic hydroxyl groups excluding tert-OH is 1. The van der Waals surface area contributed by atoms with E-state index >= 15 is 0 Å². The Hall–Kier alpha value is -1.73. The molecule has 1 aliphatic rings. The first-order chi connectivity index (χ1) is 9.08. The molecule has 0 radical (unpaired) electrons. The third kappa shape index (κ3) is 2.99. The highest BCUT2D eigenvalue weighted by atomic mass is 16.3. The van der Waals surface area contributed by atoms with Crippen LogP contribution in [0.4, 0.5) is 11.4 Å². The Morgan fingerprint density at radius 1 is 1.58 bits per heavy atom. The number of rotatable bonds is 3. The molecule has 102 valence electrons. The molecule has 1 aliphatic carbocycles. The van der Waals surface area contributed by atoms with Gasteiger partial charge in [0.2, 0.25) is 0 Å². The predicted octanol–water partition coefficient (Wildman–Crippen LogP) is 2.49. The zero-order chi connectivity index (χ0) is 13.9. The molecule has 2 atom stereocenters. The van der Waals surface area contributed by atoms with Gasteiger partial charge in [-0.1, -0.05) is 19.8 Å². The van der Waals surface area contributed by atoms with Gasteiger partial charge >= 0.3 is 0 Å². The van der Waals surface area contributed by atoms with Gasteiger partial charge in [-0.15, -0.1) is 0 Å². The number of nitrogens with zero attached hydrogens (tertiary/aromatic N) is 1. The maximum atomic E-state index is 9.74. The van der Waals surface area contributed by atoms with E-state index in [1.165, 1.54) is 6.42 Å². The average Bonchev–Trinajstić information content (AvgIpc) is 2.39. The van der Waals surface area contributed by atoms with Crippen molar-refractivity contribution >= 4 is 11.4 Å². The molecule has 2 unspecified atom stereocenters. The van der Waals surface area contributed by atoms with Gasteiger partial charge in [0, 0.05) is 5.69 Å². The summed E-state index contributed by atoms with van der Waals surface area (Å²) in [4.78, 5) is 0. The molecule has 4 heteroatoms. The second-order valence-corrected chi connectivity index (χ2v) is 5.68. The lowest BCUT2D eigenvalue weighted by atomic mass is 9.76. The van der Waals surface area contributed by atoms with E-state index in [-0.39, 0.29) is 12.1 Å². The number of nitrogens with one attached hydrogen (secondary N) is 1. The van der Waals surface area contributed by atoms with Crippen LogP contribution in [0.5, 0.6) is 0 Å². The zero-order valence-corrected chi connectivity index (χ0v) is 11.3. The fourth-order valence-electron chi connectivity index (χ4n) is 3.01. The van der Waals surface area contributed by atoms with Crippen LogP contribution < -0.4 is 11.1 Å². The summed E-state index contributed by atoms with van der Waals surface area (Å²) < 4.78 is 0. The molecule has 1 aromatic carbocycles. The molecule has 0 heterocycles. The topological polar surface area (TPSA) is 82.1 Å². The van der Waals surface area contributed by atoms with Crippen molar-refractivity contribution in [3.05, 3.63) is 23.8 Å². The first-order valence-electron chi connectivity index (χ1n) is 6.77. The van der Waals surface area contributed by atoms with Gasteiger partial charge in [0.1, 0.15) is 6.07 Å². The second kappa shape index (κ2) is 5.50. The van der Waals surface area contributed by atoms with Gasteiger partial charge in [-0.05, 0) is 37.0 Å². The Labute approximate surface area is 114 Å². The molecule has 2 rings (SSSR count). The summed E-state index contributed by atoms with van der Waals surface area (Å²) in [6.07, 6.45) is 4.27. The van der Waals surface area contributed by atoms with E-state index < -0.39 is 0 Å². The Morgan fingerprint density at radius 2 is 2.37 bits per heavy atom. The number of aliphatic hydroxyl groups is 1. The number of nitrogens with two attached hydrogens (primary N) is 1. The van der Waals surface area contributed by atoms with Crippen molar-refractivity contribution in [2.45, 2.75) is 38.1 Å². The number of hydrogen-bond donors (Lipinski definition) is 3. The van der Waals surface area contributed by atoms with Crippen LogP contribution in [0.15, 0.2) is 18.2 Å². The number of anilines is 2. The molecule has 0 aliphatic heterocycles. The highest BCUT2D eigenvalue weighted by Gasteiger charge is 2.34. The van der Waals surface area contributed by atoms with E-state index in [1.54, 1.807) is 12.1 Å². The van der Waals surface area contributed by atoms with Crippen LogP contribution in [0, 0.1) is 17.2 Å². The molecular weight excluding hydrogens is 238 g/mol. The highest BCUT2D eigenvalue weighted by molar-refractivity contribution is 5.63. The van der Waals surface area contributed by atoms with Crippen molar-refractivity contribution in [2.75, 3.05) is 17.7 Å². The molecule has 4 N–H and O–H groups in total. The van der Waals surface area contributed by atoms with Crippen molar-refractivity contribution < 1.29 is 5.11 Å². The fraction of sp³-hybridized carbons (Fsp3) is 0.533. The quantitative estimate of drug-likeness (QED) is 0.728. The zero-order valence-electron chi connectivity index (χ0n) is 11.3. The van der Waals surface area contributed by atoms with Crippen LogP contribution in [0.25, 0.3) is 0 Å². The Balaban J connectivity index is 2.19. The lowest BCUT2D eigenvalue weighted by molar-refractivity contribution is 0.149. The summed E-state index contributed by atoms with van der Waals surface area (Å²) >= 11 is 0. The molecule has 0 saturated heterocycles. The van der Waals surface area contributed by atoms with Gasteiger partial charge in [-0.3, -0.25) is 0 Å². The Morgan fingerprint density at radius 3 is 2.95 bits per heavy atom. The standard InChI is InChI=1S/C15H21N3O/c1-11-3-2-6-15(8-11,10-19)18-13-5-4-12(9-16)14(17)7-13/h4-5,7,11,18-19H,2-3,6,8,10,17H2,1H3. The summed E-state index contributed by atoms with van der Waals surface area (Å²) in [5, 5.41) is 22.0. The van der Waals surface area contributed by atoms with Crippen molar-refractivity contribution in [3.63, 3.8) is 0 Å². The SMILES string of the molecule is CC1CCCC(CO)(Nc2ccc(C#N)c(N)c2)C1. The van der Waals surface area contributed by atoms with Crippen LogP contribution in [0.2, 0.25) is 0 Å². The highest BCUT2D eigenvalue weighted by Crippen LogP contribution is 2.35. The van der Waals surface area contributed by atoms with Gasteiger partial charge in [-0.25, -0.2) is 0 Å². The Bertz CT molecular complexity index is 495. The lowest BCUT2D eigenvalue weighted by Gasteiger charge is -2.40. The number of nitrogen functional groups attached to an aromatic ring is 1. The van der Waals surface area contributed by atoms with E-state index in [0.717, 1.165) is 24.9 Å². The minimum absolute atomic E-state index is 0.122. The van der Waals surface area contributed by atoms with Gasteiger partial charge in [0.15, 0.2) is 0 Å². The number of nitriles is 1. The summed E-state index contributed by atoms with van der Waals surface area (Å²) in [5.74, 6) is 0.615. The summed E-state index contributed by atoms with van der Waals surface area (Å²) in [5.41, 5.74) is 7.41. The number of hydrogen-bond acceptors (Lipinski definition) is 4. The monoisotopic (exact) mass is 259 g/mol. The van der Waals surface area contributed by atoms with Gasteiger partial charge in [0.05, 0.1) is 23.4 Å². The summed E-state index contributed by atoms with van der Waals surface area (Å²) in [7, 11) is 0. The van der Waals surface area contributed by atoms with E-state index in [4.69, 9.17) is 11.0 Å². The second-order valence-electron chi connectivity index (χ2n) is 5.68. The van der Waals surface area contributed by atoms with Gasteiger partial charge in [-0.2, -0.15) is 5.26 Å². The van der Waals surface area contributed by atoms with E-state index in [9.17, 15) is 5.11 Å². The maximum Gasteiger partial charge on any atom is 0.101 e. The summed E-state index contributed by atoms with van der Waals surface area (Å²) in [6.45, 7) is 2.34. The molecule has 0 bridgehead atoms. The number of benzene rings is 1. The Kier molecular flexibility index (Phi) is 3.96. The molecule has 0 spiro atoms. The van der Waals surface area contributed by atoms with Gasteiger partial charge < -0.3 is 16.2 Å². The molecule has 4 nitrogen and oxygen atoms in total. The molecular formula is C15H21N3O. The third-order valence-electron chi connectivity index (χ3n) is 3.98. The van der Waals surface area contributed by atoms with E-state index in [2.05, 4.69) is 18.3 Å². The van der Waals surface area contributed by atoms with Crippen molar-refractivity contribution in [1.29, 1.82) is 5.26 Å². The van der Waals surface area contributed by atoms with Crippen LogP contribution in [0.1, 0.15) is 38.2 Å².